The molecule has 25 heavy (non-hydrogen) atoms. The fourth-order valence-corrected chi connectivity index (χ4v) is 3.68. The van der Waals surface area contributed by atoms with Crippen LogP contribution >= 0.6 is 12.4 Å². The van der Waals surface area contributed by atoms with Gasteiger partial charge in [0.1, 0.15) is 11.5 Å². The molecule has 2 aliphatic heterocycles. The van der Waals surface area contributed by atoms with Gasteiger partial charge in [-0.05, 0) is 19.1 Å². The molecule has 0 saturated carbocycles. The number of likely N-dealkylation sites (tertiary alicyclic amines) is 1. The third-order valence-electron chi connectivity index (χ3n) is 4.80. The average Bonchev–Trinajstić information content (AvgIpc) is 3.13. The van der Waals surface area contributed by atoms with Crippen molar-refractivity contribution in [1.82, 2.24) is 9.55 Å². The summed E-state index contributed by atoms with van der Waals surface area (Å²) in [6.07, 6.45) is 1.89. The molecule has 3 unspecified atom stereocenters. The summed E-state index contributed by atoms with van der Waals surface area (Å²) in [5.41, 5.74) is 6.37. The first kappa shape index (κ1) is 19.4. The standard InChI is InChI=1S/C17H22N4O3.ClH/c1-12-11-15(20(2)24-12)19-17(23)21(13-7-4-3-5-8-13)10-6-9-14(21)16(18)22;/h3-5,7-8,12,14H,6,9-11H2,1-2H3,(H-,18,22);1H/p+1. The molecule has 8 heteroatoms. The first-order valence-electron chi connectivity index (χ1n) is 8.20. The molecule has 3 atom stereocenters. The van der Waals surface area contributed by atoms with Crippen molar-refractivity contribution in [3.05, 3.63) is 30.3 Å². The lowest BCUT2D eigenvalue weighted by atomic mass is 10.1. The maximum Gasteiger partial charge on any atom is 0.450 e. The summed E-state index contributed by atoms with van der Waals surface area (Å²) >= 11 is 0. The number of hydrogen-bond donors (Lipinski definition) is 1. The minimum Gasteiger partial charge on any atom is -0.364 e. The van der Waals surface area contributed by atoms with Gasteiger partial charge in [0, 0.05) is 26.3 Å². The van der Waals surface area contributed by atoms with Gasteiger partial charge in [-0.15, -0.1) is 17.4 Å². The Hall–Kier alpha value is -1.96. The molecule has 1 aromatic carbocycles. The zero-order chi connectivity index (χ0) is 17.3. The predicted molar refractivity (Wildman–Crippen MR) is 98.3 cm³/mol. The van der Waals surface area contributed by atoms with Crippen LogP contribution in [0.4, 0.5) is 10.5 Å². The molecule has 0 aliphatic carbocycles. The molecule has 0 spiro atoms. The number of hydrogen-bond acceptors (Lipinski definition) is 3. The summed E-state index contributed by atoms with van der Waals surface area (Å²) in [6.45, 7) is 2.44. The number of hydroxylamine groups is 2. The summed E-state index contributed by atoms with van der Waals surface area (Å²) in [5, 5.41) is 1.53. The van der Waals surface area contributed by atoms with E-state index in [1.165, 1.54) is 5.06 Å². The average molecular weight is 368 g/mol. The highest BCUT2D eigenvalue weighted by Crippen LogP contribution is 2.36. The minimum atomic E-state index is -0.589. The molecule has 2 saturated heterocycles. The SMILES string of the molecule is CC1CC(=NC(=O)[N+]2(c3ccccc3)CCCC2C(N)=O)N(C)O1.Cl. The lowest BCUT2D eigenvalue weighted by molar-refractivity contribution is -0.121. The first-order valence-corrected chi connectivity index (χ1v) is 8.20. The van der Waals surface area contributed by atoms with Gasteiger partial charge in [-0.1, -0.05) is 18.2 Å². The number of quaternary nitrogens is 1. The van der Waals surface area contributed by atoms with E-state index in [1.807, 2.05) is 37.3 Å². The second-order valence-electron chi connectivity index (χ2n) is 6.42. The number of nitrogens with zero attached hydrogens (tertiary/aromatic N) is 3. The normalized spacial score (nSPS) is 30.3. The van der Waals surface area contributed by atoms with E-state index in [2.05, 4.69) is 4.99 Å². The zero-order valence-electron chi connectivity index (χ0n) is 14.4. The molecule has 3 rings (SSSR count). The van der Waals surface area contributed by atoms with Gasteiger partial charge < -0.3 is 5.73 Å². The zero-order valence-corrected chi connectivity index (χ0v) is 15.2. The van der Waals surface area contributed by atoms with Gasteiger partial charge in [0.25, 0.3) is 5.91 Å². The maximum absolute atomic E-state index is 13.2. The summed E-state index contributed by atoms with van der Waals surface area (Å²) in [6, 6.07) is 8.37. The highest BCUT2D eigenvalue weighted by Gasteiger charge is 2.53. The lowest BCUT2D eigenvalue weighted by Crippen LogP contribution is -2.61. The van der Waals surface area contributed by atoms with E-state index in [-0.39, 0.29) is 29.0 Å². The van der Waals surface area contributed by atoms with E-state index in [1.54, 1.807) is 7.05 Å². The van der Waals surface area contributed by atoms with E-state index < -0.39 is 11.9 Å². The summed E-state index contributed by atoms with van der Waals surface area (Å²) in [5.74, 6) is 0.116. The Morgan fingerprint density at radius 3 is 2.56 bits per heavy atom. The summed E-state index contributed by atoms with van der Waals surface area (Å²) < 4.78 is -0.137. The van der Waals surface area contributed by atoms with Crippen molar-refractivity contribution in [2.24, 2.45) is 10.7 Å². The Labute approximate surface area is 153 Å². The van der Waals surface area contributed by atoms with Crippen LogP contribution in [0.25, 0.3) is 0 Å². The summed E-state index contributed by atoms with van der Waals surface area (Å²) in [4.78, 5) is 35.0. The molecule has 1 aromatic rings. The van der Waals surface area contributed by atoms with Crippen molar-refractivity contribution < 1.29 is 14.4 Å². The van der Waals surface area contributed by atoms with Crippen molar-refractivity contribution in [2.75, 3.05) is 13.6 Å². The van der Waals surface area contributed by atoms with E-state index in [9.17, 15) is 9.59 Å². The van der Waals surface area contributed by atoms with Crippen LogP contribution in [0.1, 0.15) is 26.2 Å². The van der Waals surface area contributed by atoms with Crippen molar-refractivity contribution in [2.45, 2.75) is 38.3 Å². The number of primary amides is 1. The minimum absolute atomic E-state index is 0. The van der Waals surface area contributed by atoms with Gasteiger partial charge in [-0.25, -0.2) is 9.86 Å². The van der Waals surface area contributed by atoms with Crippen LogP contribution in [0.2, 0.25) is 0 Å². The highest BCUT2D eigenvalue weighted by molar-refractivity contribution is 6.02. The smallest absolute Gasteiger partial charge is 0.364 e. The Morgan fingerprint density at radius 1 is 1.32 bits per heavy atom. The summed E-state index contributed by atoms with van der Waals surface area (Å²) in [7, 11) is 1.73. The maximum atomic E-state index is 13.2. The number of para-hydroxylation sites is 1. The number of amidine groups is 1. The van der Waals surface area contributed by atoms with E-state index in [0.29, 0.717) is 25.2 Å². The second kappa shape index (κ2) is 7.51. The van der Waals surface area contributed by atoms with E-state index in [4.69, 9.17) is 10.6 Å². The fourth-order valence-electron chi connectivity index (χ4n) is 3.68. The molecule has 0 bridgehead atoms. The molecule has 2 N–H and O–H groups in total. The first-order chi connectivity index (χ1) is 11.4. The van der Waals surface area contributed by atoms with Crippen LogP contribution in [-0.4, -0.2) is 48.6 Å². The van der Waals surface area contributed by atoms with Gasteiger partial charge in [-0.2, -0.15) is 4.48 Å². The number of aliphatic imine (C=N–C) groups is 1. The van der Waals surface area contributed by atoms with Crippen molar-refractivity contribution >= 4 is 35.9 Å². The van der Waals surface area contributed by atoms with Crippen LogP contribution in [0.3, 0.4) is 0 Å². The predicted octanol–water partition coefficient (Wildman–Crippen LogP) is 2.24. The number of carbonyl (C=O) groups excluding carboxylic acids is 2. The van der Waals surface area contributed by atoms with Crippen LogP contribution in [0.15, 0.2) is 35.3 Å². The van der Waals surface area contributed by atoms with Crippen LogP contribution in [0, 0.1) is 0 Å². The quantitative estimate of drug-likeness (QED) is 0.812. The van der Waals surface area contributed by atoms with Gasteiger partial charge in [0.05, 0.1) is 12.6 Å². The van der Waals surface area contributed by atoms with Gasteiger partial charge >= 0.3 is 6.03 Å². The molecular weight excluding hydrogens is 344 g/mol. The molecule has 7 nitrogen and oxygen atoms in total. The Balaban J connectivity index is 0.00000225. The second-order valence-corrected chi connectivity index (χ2v) is 6.42. The van der Waals surface area contributed by atoms with E-state index >= 15 is 0 Å². The molecule has 2 heterocycles. The molecule has 2 fully saturated rings. The highest BCUT2D eigenvalue weighted by atomic mass is 35.5. The van der Waals surface area contributed by atoms with Gasteiger partial charge in [0.2, 0.25) is 0 Å². The number of urea groups is 1. The largest absolute Gasteiger partial charge is 0.450 e. The molecule has 0 aromatic heterocycles. The molecule has 0 radical (unpaired) electrons. The molecule has 2 aliphatic rings. The van der Waals surface area contributed by atoms with E-state index in [0.717, 1.165) is 12.1 Å². The number of rotatable bonds is 2. The Kier molecular flexibility index (Phi) is 5.82. The van der Waals surface area contributed by atoms with Gasteiger partial charge in [-0.3, -0.25) is 9.63 Å². The number of halogens is 1. The number of nitrogens with two attached hydrogens (primary N) is 1. The third kappa shape index (κ3) is 3.40. The van der Waals surface area contributed by atoms with Crippen molar-refractivity contribution in [3.63, 3.8) is 0 Å². The van der Waals surface area contributed by atoms with Crippen LogP contribution in [-0.2, 0) is 9.63 Å². The number of benzene rings is 1. The monoisotopic (exact) mass is 367 g/mol. The Morgan fingerprint density at radius 2 is 2.00 bits per heavy atom. The fraction of sp³-hybridized carbons (Fsp3) is 0.471. The molecular formula is C17H24ClN4O3+. The van der Waals surface area contributed by atoms with Crippen molar-refractivity contribution in [3.8, 4) is 0 Å². The lowest BCUT2D eigenvalue weighted by Gasteiger charge is -2.33. The van der Waals surface area contributed by atoms with Crippen molar-refractivity contribution in [1.29, 1.82) is 0 Å². The van der Waals surface area contributed by atoms with Crippen LogP contribution in [0.5, 0.6) is 0 Å². The van der Waals surface area contributed by atoms with Crippen LogP contribution < -0.4 is 10.2 Å². The molecule has 136 valence electrons. The van der Waals surface area contributed by atoms with Gasteiger partial charge in [0.15, 0.2) is 6.04 Å². The Bertz CT molecular complexity index is 682. The number of amides is 3. The number of carbonyl (C=O) groups is 2. The topological polar surface area (TPSA) is 85.0 Å². The molecule has 3 amide bonds. The third-order valence-corrected chi connectivity index (χ3v) is 4.80.